The van der Waals surface area contributed by atoms with Crippen molar-refractivity contribution in [2.45, 2.75) is 37.6 Å². The molecule has 2 aromatic heterocycles. The third kappa shape index (κ3) is 4.06. The van der Waals surface area contributed by atoms with Crippen LogP contribution in [0.2, 0.25) is 5.02 Å². The van der Waals surface area contributed by atoms with Crippen LogP contribution in [0.4, 0.5) is 4.39 Å². The molecule has 30 heavy (non-hydrogen) atoms. The maximum Gasteiger partial charge on any atom is 0.132 e. The molecule has 4 rings (SSSR count). The van der Waals surface area contributed by atoms with Gasteiger partial charge in [0.1, 0.15) is 5.82 Å². The van der Waals surface area contributed by atoms with Gasteiger partial charge < -0.3 is 16.9 Å². The Bertz CT molecular complexity index is 1140. The highest BCUT2D eigenvalue weighted by atomic mass is 35.5. The number of hydrogen-bond acceptors (Lipinski definition) is 5. The van der Waals surface area contributed by atoms with Crippen LogP contribution < -0.4 is 11.5 Å². The van der Waals surface area contributed by atoms with E-state index in [1.54, 1.807) is 6.07 Å². The molecule has 0 saturated heterocycles. The zero-order chi connectivity index (χ0) is 21.3. The highest BCUT2D eigenvalue weighted by molar-refractivity contribution is 6.31. The molecule has 7 heteroatoms. The molecule has 0 bridgehead atoms. The Labute approximate surface area is 179 Å². The molecule has 0 radical (unpaired) electrons. The Hall–Kier alpha value is -2.83. The first kappa shape index (κ1) is 20.4. The molecule has 1 aliphatic carbocycles. The zero-order valence-corrected chi connectivity index (χ0v) is 17.2. The zero-order valence-electron chi connectivity index (χ0n) is 16.4. The summed E-state index contributed by atoms with van der Waals surface area (Å²) in [6, 6.07) is 10.1. The summed E-state index contributed by atoms with van der Waals surface area (Å²) in [6.45, 7) is 0. The van der Waals surface area contributed by atoms with E-state index in [1.165, 1.54) is 18.2 Å². The smallest absolute Gasteiger partial charge is 0.132 e. The number of rotatable bonds is 4. The van der Waals surface area contributed by atoms with Gasteiger partial charge in [-0.1, -0.05) is 11.6 Å². The van der Waals surface area contributed by atoms with Gasteiger partial charge in [0, 0.05) is 34.6 Å². The van der Waals surface area contributed by atoms with Gasteiger partial charge in [0.15, 0.2) is 0 Å². The van der Waals surface area contributed by atoms with Crippen LogP contribution in [0.5, 0.6) is 0 Å². The Morgan fingerprint density at radius 1 is 1.10 bits per heavy atom. The van der Waals surface area contributed by atoms with Gasteiger partial charge in [0.05, 0.1) is 22.4 Å². The molecule has 5 nitrogen and oxygen atoms in total. The summed E-state index contributed by atoms with van der Waals surface area (Å²) in [5.74, 6) is -0.0768. The largest absolute Gasteiger partial charge is 0.398 e. The Morgan fingerprint density at radius 3 is 2.60 bits per heavy atom. The number of hydrogen-bond donors (Lipinski definition) is 3. The summed E-state index contributed by atoms with van der Waals surface area (Å²) < 4.78 is 14.3. The highest BCUT2D eigenvalue weighted by Crippen LogP contribution is 2.33. The second-order valence-electron chi connectivity index (χ2n) is 7.71. The molecule has 0 unspecified atom stereocenters. The molecule has 1 aromatic carbocycles. The Kier molecular flexibility index (Phi) is 5.79. The highest BCUT2D eigenvalue weighted by Gasteiger charge is 2.21. The Balaban J connectivity index is 1.75. The van der Waals surface area contributed by atoms with Crippen LogP contribution in [0.15, 0.2) is 42.6 Å². The van der Waals surface area contributed by atoms with Crippen molar-refractivity contribution in [2.75, 3.05) is 0 Å². The van der Waals surface area contributed by atoms with Crippen molar-refractivity contribution >= 4 is 40.1 Å². The minimum Gasteiger partial charge on any atom is -0.398 e. The van der Waals surface area contributed by atoms with Crippen molar-refractivity contribution in [3.8, 4) is 0 Å². The number of halogens is 2. The molecule has 1 aliphatic rings. The molecule has 154 valence electrons. The molecule has 1 fully saturated rings. The fourth-order valence-electron chi connectivity index (χ4n) is 3.99. The predicted molar refractivity (Wildman–Crippen MR) is 120 cm³/mol. The van der Waals surface area contributed by atoms with Crippen molar-refractivity contribution < 1.29 is 4.39 Å². The van der Waals surface area contributed by atoms with E-state index in [1.807, 2.05) is 18.3 Å². The fourth-order valence-corrected chi connectivity index (χ4v) is 4.16. The number of aromatic nitrogens is 2. The summed E-state index contributed by atoms with van der Waals surface area (Å²) in [7, 11) is 0. The van der Waals surface area contributed by atoms with Crippen LogP contribution in [-0.2, 0) is 0 Å². The SMILES string of the molecule is N=C/C(=C(\N)c1cc(Cl)ccc1F)c1ccc2ncc(C3CCC(N)CC3)cc2n1. The maximum atomic E-state index is 14.3. The lowest BCUT2D eigenvalue weighted by Crippen LogP contribution is -2.25. The van der Waals surface area contributed by atoms with E-state index in [-0.39, 0.29) is 17.3 Å². The first-order valence-electron chi connectivity index (χ1n) is 9.94. The van der Waals surface area contributed by atoms with E-state index in [0.717, 1.165) is 48.5 Å². The summed E-state index contributed by atoms with van der Waals surface area (Å²) in [6.07, 6.45) is 7.11. The number of fused-ring (bicyclic) bond motifs is 1. The number of nitrogens with one attached hydrogen (secondary N) is 1. The van der Waals surface area contributed by atoms with Crippen molar-refractivity contribution in [1.29, 1.82) is 5.41 Å². The van der Waals surface area contributed by atoms with Crippen LogP contribution in [0.25, 0.3) is 22.3 Å². The molecule has 0 atom stereocenters. The predicted octanol–water partition coefficient (Wildman–Crippen LogP) is 4.88. The normalized spacial score (nSPS) is 20.1. The van der Waals surface area contributed by atoms with E-state index in [0.29, 0.717) is 22.2 Å². The van der Waals surface area contributed by atoms with Crippen molar-refractivity contribution in [3.05, 3.63) is 70.3 Å². The van der Waals surface area contributed by atoms with Gasteiger partial charge in [-0.3, -0.25) is 4.98 Å². The van der Waals surface area contributed by atoms with Gasteiger partial charge in [-0.15, -0.1) is 0 Å². The molecule has 1 saturated carbocycles. The molecule has 2 heterocycles. The summed E-state index contributed by atoms with van der Waals surface area (Å²) >= 11 is 6.00. The molecular weight excluding hydrogens is 401 g/mol. The number of allylic oxidation sites excluding steroid dienone is 1. The third-order valence-electron chi connectivity index (χ3n) is 5.73. The summed E-state index contributed by atoms with van der Waals surface area (Å²) in [4.78, 5) is 9.24. The van der Waals surface area contributed by atoms with Crippen molar-refractivity contribution in [2.24, 2.45) is 11.5 Å². The van der Waals surface area contributed by atoms with Crippen LogP contribution in [-0.4, -0.2) is 22.2 Å². The van der Waals surface area contributed by atoms with Crippen molar-refractivity contribution in [3.63, 3.8) is 0 Å². The number of pyridine rings is 2. The van der Waals surface area contributed by atoms with Crippen molar-refractivity contribution in [1.82, 2.24) is 9.97 Å². The van der Waals surface area contributed by atoms with Gasteiger partial charge >= 0.3 is 0 Å². The standard InChI is InChI=1S/C23H23ClFN5/c24-15-3-6-19(25)17(10-15)23(28)18(11-26)20-7-8-21-22(30-20)9-14(12-29-21)13-1-4-16(27)5-2-13/h3,6-13,16,26H,1-2,4-5,27-28H2/b23-18+,26-11?. The fraction of sp³-hybridized carbons (Fsp3) is 0.261. The molecular formula is C23H23ClFN5. The number of benzene rings is 1. The van der Waals surface area contributed by atoms with Gasteiger partial charge in [-0.05, 0) is 73.6 Å². The van der Waals surface area contributed by atoms with E-state index in [9.17, 15) is 4.39 Å². The average molecular weight is 424 g/mol. The van der Waals surface area contributed by atoms with E-state index < -0.39 is 5.82 Å². The third-order valence-corrected chi connectivity index (χ3v) is 5.97. The van der Waals surface area contributed by atoms with Crippen LogP contribution in [0.1, 0.15) is 48.4 Å². The summed E-state index contributed by atoms with van der Waals surface area (Å²) in [5, 5.41) is 8.21. The molecule has 5 N–H and O–H groups in total. The lowest BCUT2D eigenvalue weighted by molar-refractivity contribution is 0.395. The summed E-state index contributed by atoms with van der Waals surface area (Å²) in [5.41, 5.74) is 15.9. The maximum absolute atomic E-state index is 14.3. The quantitative estimate of drug-likeness (QED) is 0.520. The minimum atomic E-state index is -0.503. The lowest BCUT2D eigenvalue weighted by atomic mass is 9.82. The average Bonchev–Trinajstić information content (AvgIpc) is 2.76. The lowest BCUT2D eigenvalue weighted by Gasteiger charge is -2.26. The second-order valence-corrected chi connectivity index (χ2v) is 8.15. The van der Waals surface area contributed by atoms with Gasteiger partial charge in [-0.2, -0.15) is 0 Å². The van der Waals surface area contributed by atoms with E-state index >= 15 is 0 Å². The minimum absolute atomic E-state index is 0.113. The first-order valence-corrected chi connectivity index (χ1v) is 10.3. The molecule has 0 spiro atoms. The molecule has 3 aromatic rings. The van der Waals surface area contributed by atoms with Gasteiger partial charge in [0.25, 0.3) is 0 Å². The first-order chi connectivity index (χ1) is 14.5. The second kappa shape index (κ2) is 8.50. The number of nitrogens with zero attached hydrogens (tertiary/aromatic N) is 2. The number of nitrogens with two attached hydrogens (primary N) is 2. The Morgan fingerprint density at radius 2 is 1.87 bits per heavy atom. The van der Waals surface area contributed by atoms with E-state index in [4.69, 9.17) is 28.5 Å². The topological polar surface area (TPSA) is 102 Å². The van der Waals surface area contributed by atoms with Crippen LogP contribution in [0, 0.1) is 11.2 Å². The molecule has 0 amide bonds. The monoisotopic (exact) mass is 423 g/mol. The van der Waals surface area contributed by atoms with Crippen LogP contribution >= 0.6 is 11.6 Å². The van der Waals surface area contributed by atoms with Crippen LogP contribution in [0.3, 0.4) is 0 Å². The van der Waals surface area contributed by atoms with Gasteiger partial charge in [-0.25, -0.2) is 9.37 Å². The molecule has 0 aliphatic heterocycles. The van der Waals surface area contributed by atoms with Gasteiger partial charge in [0.2, 0.25) is 0 Å². The van der Waals surface area contributed by atoms with E-state index in [2.05, 4.69) is 9.97 Å².